The van der Waals surface area contributed by atoms with Crippen LogP contribution in [0.15, 0.2) is 48.9 Å². The lowest BCUT2D eigenvalue weighted by Gasteiger charge is -2.12. The second-order valence-corrected chi connectivity index (χ2v) is 5.35. The number of benzene rings is 1. The third kappa shape index (κ3) is 3.69. The minimum Gasteiger partial charge on any atom is -0.465 e. The van der Waals surface area contributed by atoms with Gasteiger partial charge in [0, 0.05) is 6.20 Å². The van der Waals surface area contributed by atoms with Crippen LogP contribution in [0.25, 0.3) is 0 Å². The number of carbonyl (C=O) groups excluding carboxylic acids is 1. The van der Waals surface area contributed by atoms with E-state index in [-0.39, 0.29) is 11.6 Å². The molecule has 2 aromatic heterocycles. The van der Waals surface area contributed by atoms with Gasteiger partial charge in [-0.05, 0) is 42.8 Å². The summed E-state index contributed by atoms with van der Waals surface area (Å²) in [6.07, 6.45) is 3.02. The molecule has 0 fully saturated rings. The molecule has 0 unspecified atom stereocenters. The number of ether oxygens (including phenoxy) is 2. The van der Waals surface area contributed by atoms with Crippen molar-refractivity contribution in [2.24, 2.45) is 0 Å². The van der Waals surface area contributed by atoms with Crippen LogP contribution in [-0.2, 0) is 4.74 Å². The highest BCUT2D eigenvalue weighted by atomic mass is 16.5. The molecule has 26 heavy (non-hydrogen) atoms. The van der Waals surface area contributed by atoms with Crippen LogP contribution in [0.4, 0.5) is 17.3 Å². The van der Waals surface area contributed by atoms with E-state index in [4.69, 9.17) is 10.5 Å². The third-order valence-electron chi connectivity index (χ3n) is 3.58. The molecule has 0 bridgehead atoms. The zero-order chi connectivity index (χ0) is 18.5. The quantitative estimate of drug-likeness (QED) is 0.674. The first-order valence-corrected chi connectivity index (χ1v) is 7.74. The van der Waals surface area contributed by atoms with E-state index in [1.807, 2.05) is 19.1 Å². The van der Waals surface area contributed by atoms with E-state index in [9.17, 15) is 4.79 Å². The Hall–Kier alpha value is -3.68. The molecule has 0 aliphatic rings. The first-order valence-electron chi connectivity index (χ1n) is 7.74. The average molecular weight is 351 g/mol. The second kappa shape index (κ2) is 7.47. The monoisotopic (exact) mass is 351 g/mol. The van der Waals surface area contributed by atoms with Crippen molar-refractivity contribution in [1.29, 1.82) is 0 Å². The Bertz CT molecular complexity index is 928. The van der Waals surface area contributed by atoms with E-state index >= 15 is 0 Å². The highest BCUT2D eigenvalue weighted by molar-refractivity contribution is 5.89. The van der Waals surface area contributed by atoms with Gasteiger partial charge in [-0.3, -0.25) is 0 Å². The van der Waals surface area contributed by atoms with Crippen molar-refractivity contribution < 1.29 is 14.3 Å². The highest BCUT2D eigenvalue weighted by Crippen LogP contribution is 2.31. The van der Waals surface area contributed by atoms with Crippen LogP contribution in [0.5, 0.6) is 11.6 Å². The molecule has 8 nitrogen and oxygen atoms in total. The average Bonchev–Trinajstić information content (AvgIpc) is 2.66. The number of nitrogen functional groups attached to an aromatic ring is 1. The zero-order valence-corrected chi connectivity index (χ0v) is 14.3. The first kappa shape index (κ1) is 17.2. The summed E-state index contributed by atoms with van der Waals surface area (Å²) >= 11 is 0. The number of rotatable bonds is 5. The normalized spacial score (nSPS) is 10.2. The number of aromatic nitrogens is 3. The zero-order valence-electron chi connectivity index (χ0n) is 14.3. The Morgan fingerprint density at radius 2 is 1.85 bits per heavy atom. The van der Waals surface area contributed by atoms with Crippen LogP contribution in [0.2, 0.25) is 0 Å². The summed E-state index contributed by atoms with van der Waals surface area (Å²) in [5.74, 6) is 1.29. The molecule has 0 spiro atoms. The summed E-state index contributed by atoms with van der Waals surface area (Å²) in [5.41, 5.74) is 7.73. The Kier molecular flexibility index (Phi) is 4.93. The summed E-state index contributed by atoms with van der Waals surface area (Å²) in [5, 5.41) is 3.07. The minimum absolute atomic E-state index is 0.196. The lowest BCUT2D eigenvalue weighted by Crippen LogP contribution is -2.05. The second-order valence-electron chi connectivity index (χ2n) is 5.35. The predicted octanol–water partition coefficient (Wildman–Crippen LogP) is 3.08. The van der Waals surface area contributed by atoms with Gasteiger partial charge >= 0.3 is 5.97 Å². The number of nitrogens with two attached hydrogens (primary N) is 1. The van der Waals surface area contributed by atoms with E-state index in [2.05, 4.69) is 25.0 Å². The molecular weight excluding hydrogens is 334 g/mol. The number of esters is 1. The molecule has 3 rings (SSSR count). The van der Waals surface area contributed by atoms with Gasteiger partial charge in [-0.2, -0.15) is 4.98 Å². The molecular formula is C18H17N5O3. The molecule has 0 atom stereocenters. The van der Waals surface area contributed by atoms with Gasteiger partial charge in [0.1, 0.15) is 23.6 Å². The SMILES string of the molecule is COC(=O)c1ccc(Oc2ncnc(Nc3ncccc3C)c2N)cc1. The fraction of sp³-hybridized carbons (Fsp3) is 0.111. The molecule has 3 aromatic rings. The van der Waals surface area contributed by atoms with Gasteiger partial charge in [0.15, 0.2) is 5.82 Å². The highest BCUT2D eigenvalue weighted by Gasteiger charge is 2.12. The van der Waals surface area contributed by atoms with Gasteiger partial charge in [-0.1, -0.05) is 6.07 Å². The van der Waals surface area contributed by atoms with E-state index in [1.165, 1.54) is 13.4 Å². The van der Waals surface area contributed by atoms with Gasteiger partial charge < -0.3 is 20.5 Å². The number of hydrogen-bond donors (Lipinski definition) is 2. The maximum Gasteiger partial charge on any atom is 0.337 e. The molecule has 0 aliphatic heterocycles. The number of aryl methyl sites for hydroxylation is 1. The molecule has 2 heterocycles. The number of carbonyl (C=O) groups is 1. The smallest absolute Gasteiger partial charge is 0.337 e. The number of nitrogens with zero attached hydrogens (tertiary/aromatic N) is 3. The number of methoxy groups -OCH3 is 1. The number of pyridine rings is 1. The number of anilines is 3. The molecule has 8 heteroatoms. The molecule has 1 aromatic carbocycles. The summed E-state index contributed by atoms with van der Waals surface area (Å²) in [4.78, 5) is 23.9. The molecule has 0 radical (unpaired) electrons. The fourth-order valence-electron chi connectivity index (χ4n) is 2.18. The Morgan fingerprint density at radius 1 is 1.08 bits per heavy atom. The minimum atomic E-state index is -0.421. The Balaban J connectivity index is 1.81. The van der Waals surface area contributed by atoms with Crippen LogP contribution in [0.1, 0.15) is 15.9 Å². The first-order chi connectivity index (χ1) is 12.6. The lowest BCUT2D eigenvalue weighted by molar-refractivity contribution is 0.0600. The topological polar surface area (TPSA) is 112 Å². The Morgan fingerprint density at radius 3 is 2.54 bits per heavy atom. The van der Waals surface area contributed by atoms with Crippen LogP contribution in [0.3, 0.4) is 0 Å². The number of nitrogens with one attached hydrogen (secondary N) is 1. The van der Waals surface area contributed by atoms with Crippen molar-refractivity contribution >= 4 is 23.3 Å². The van der Waals surface area contributed by atoms with E-state index < -0.39 is 5.97 Å². The molecule has 0 amide bonds. The summed E-state index contributed by atoms with van der Waals surface area (Å²) in [6, 6.07) is 10.2. The molecule has 132 valence electrons. The fourth-order valence-corrected chi connectivity index (χ4v) is 2.18. The van der Waals surface area contributed by atoms with Crippen molar-refractivity contribution in [1.82, 2.24) is 15.0 Å². The number of hydrogen-bond acceptors (Lipinski definition) is 8. The lowest BCUT2D eigenvalue weighted by atomic mass is 10.2. The molecule has 0 saturated heterocycles. The standard InChI is InChI=1S/C18H17N5O3/c1-11-4-3-9-20-15(11)23-16-14(19)17(22-10-21-16)26-13-7-5-12(6-8-13)18(24)25-2/h3-10H,19H2,1-2H3,(H,20,21,22,23). The van der Waals surface area contributed by atoms with Crippen LogP contribution >= 0.6 is 0 Å². The van der Waals surface area contributed by atoms with E-state index in [0.29, 0.717) is 22.9 Å². The summed E-state index contributed by atoms with van der Waals surface area (Å²) in [7, 11) is 1.33. The summed E-state index contributed by atoms with van der Waals surface area (Å²) in [6.45, 7) is 1.92. The van der Waals surface area contributed by atoms with Gasteiger partial charge in [-0.25, -0.2) is 14.8 Å². The van der Waals surface area contributed by atoms with Crippen LogP contribution in [0, 0.1) is 6.92 Å². The van der Waals surface area contributed by atoms with Gasteiger partial charge in [0.05, 0.1) is 12.7 Å². The van der Waals surface area contributed by atoms with Crippen molar-refractivity contribution in [3.05, 3.63) is 60.0 Å². The molecule has 3 N–H and O–H groups in total. The van der Waals surface area contributed by atoms with Crippen LogP contribution < -0.4 is 15.8 Å². The van der Waals surface area contributed by atoms with Crippen molar-refractivity contribution in [3.8, 4) is 11.6 Å². The van der Waals surface area contributed by atoms with Gasteiger partial charge in [0.25, 0.3) is 0 Å². The maximum absolute atomic E-state index is 11.5. The Labute approximate surface area is 150 Å². The predicted molar refractivity (Wildman–Crippen MR) is 96.6 cm³/mol. The van der Waals surface area contributed by atoms with Crippen molar-refractivity contribution in [2.45, 2.75) is 6.92 Å². The van der Waals surface area contributed by atoms with E-state index in [0.717, 1.165) is 5.56 Å². The maximum atomic E-state index is 11.5. The van der Waals surface area contributed by atoms with Crippen molar-refractivity contribution in [2.75, 3.05) is 18.2 Å². The van der Waals surface area contributed by atoms with Gasteiger partial charge in [-0.15, -0.1) is 0 Å². The van der Waals surface area contributed by atoms with Crippen molar-refractivity contribution in [3.63, 3.8) is 0 Å². The summed E-state index contributed by atoms with van der Waals surface area (Å²) < 4.78 is 10.4. The van der Waals surface area contributed by atoms with E-state index in [1.54, 1.807) is 30.5 Å². The molecule has 0 saturated carbocycles. The third-order valence-corrected chi connectivity index (χ3v) is 3.58. The largest absolute Gasteiger partial charge is 0.465 e. The van der Waals surface area contributed by atoms with Gasteiger partial charge in [0.2, 0.25) is 5.88 Å². The van der Waals surface area contributed by atoms with Crippen LogP contribution in [-0.4, -0.2) is 28.0 Å². The molecule has 0 aliphatic carbocycles.